The summed E-state index contributed by atoms with van der Waals surface area (Å²) in [6, 6.07) is 1.96. The smallest absolute Gasteiger partial charge is 0.135 e. The molecule has 64 valence electrons. The van der Waals surface area contributed by atoms with E-state index in [0.717, 1.165) is 0 Å². The number of nitrogens with zero attached hydrogens (tertiary/aromatic N) is 3. The van der Waals surface area contributed by atoms with Gasteiger partial charge in [-0.15, -0.1) is 0 Å². The Kier molecular flexibility index (Phi) is 2.49. The minimum Gasteiger partial charge on any atom is -0.255 e. The summed E-state index contributed by atoms with van der Waals surface area (Å²) in [6.45, 7) is 6.05. The fourth-order valence-corrected chi connectivity index (χ4v) is 0.922. The van der Waals surface area contributed by atoms with E-state index in [4.69, 9.17) is 5.26 Å². The third-order valence-corrected chi connectivity index (χ3v) is 1.87. The molecule has 0 radical (unpaired) electrons. The number of rotatable bonds is 2. The Balaban J connectivity index is 2.86. The summed E-state index contributed by atoms with van der Waals surface area (Å²) in [6.07, 6.45) is 3.75. The third kappa shape index (κ3) is 1.65. The van der Waals surface area contributed by atoms with Crippen molar-refractivity contribution >= 4 is 0 Å². The molecular weight excluding hydrogens is 150 g/mol. The van der Waals surface area contributed by atoms with Gasteiger partial charge < -0.3 is 0 Å². The lowest BCUT2D eigenvalue weighted by Crippen LogP contribution is -2.02. The Bertz CT molecular complexity index is 293. The van der Waals surface area contributed by atoms with Crippen molar-refractivity contribution in [3.63, 3.8) is 0 Å². The van der Waals surface area contributed by atoms with Gasteiger partial charge in [-0.25, -0.2) is 0 Å². The topological polar surface area (TPSA) is 41.6 Å². The van der Waals surface area contributed by atoms with Crippen LogP contribution in [0.15, 0.2) is 12.4 Å². The summed E-state index contributed by atoms with van der Waals surface area (Å²) in [5.41, 5.74) is 1.18. The fourth-order valence-electron chi connectivity index (χ4n) is 0.922. The molecule has 3 nitrogen and oxygen atoms in total. The Hall–Kier alpha value is -1.30. The van der Waals surface area contributed by atoms with Gasteiger partial charge in [0.1, 0.15) is 6.04 Å². The molecule has 0 fully saturated rings. The summed E-state index contributed by atoms with van der Waals surface area (Å²) in [5, 5.41) is 12.7. The molecule has 0 saturated carbocycles. The summed E-state index contributed by atoms with van der Waals surface area (Å²) >= 11 is 0. The molecule has 0 aliphatic heterocycles. The number of nitriles is 1. The van der Waals surface area contributed by atoms with E-state index in [2.05, 4.69) is 25.0 Å². The van der Waals surface area contributed by atoms with Gasteiger partial charge in [0.15, 0.2) is 0 Å². The Labute approximate surface area is 72.6 Å². The van der Waals surface area contributed by atoms with E-state index in [1.54, 1.807) is 4.68 Å². The standard InChI is InChI=1S/C9H13N3/c1-7(2)9-5-11-12(6-9)8(3)4-10/h5-8H,1-3H3/t8-/m0/s1. The van der Waals surface area contributed by atoms with Crippen LogP contribution < -0.4 is 0 Å². The van der Waals surface area contributed by atoms with Crippen LogP contribution in [0.3, 0.4) is 0 Å². The molecule has 1 aromatic rings. The molecule has 1 rings (SSSR count). The average molecular weight is 163 g/mol. The van der Waals surface area contributed by atoms with Gasteiger partial charge in [0.2, 0.25) is 0 Å². The van der Waals surface area contributed by atoms with Crippen molar-refractivity contribution in [1.29, 1.82) is 5.26 Å². The molecule has 0 N–H and O–H groups in total. The second-order valence-corrected chi connectivity index (χ2v) is 3.21. The maximum atomic E-state index is 8.63. The molecule has 0 unspecified atom stereocenters. The van der Waals surface area contributed by atoms with Crippen LogP contribution in [0.1, 0.15) is 38.3 Å². The maximum absolute atomic E-state index is 8.63. The second kappa shape index (κ2) is 3.40. The van der Waals surface area contributed by atoms with Gasteiger partial charge in [-0.05, 0) is 18.4 Å². The normalized spacial score (nSPS) is 12.9. The Morgan fingerprint density at radius 2 is 2.17 bits per heavy atom. The van der Waals surface area contributed by atoms with E-state index >= 15 is 0 Å². The number of hydrogen-bond donors (Lipinski definition) is 0. The first-order valence-electron chi connectivity index (χ1n) is 4.08. The first-order chi connectivity index (χ1) is 5.65. The van der Waals surface area contributed by atoms with Crippen molar-refractivity contribution in [3.8, 4) is 6.07 Å². The van der Waals surface area contributed by atoms with Crippen LogP contribution in [0.4, 0.5) is 0 Å². The van der Waals surface area contributed by atoms with Crippen LogP contribution >= 0.6 is 0 Å². The molecule has 0 bridgehead atoms. The van der Waals surface area contributed by atoms with Crippen molar-refractivity contribution in [2.24, 2.45) is 0 Å². The summed E-state index contributed by atoms with van der Waals surface area (Å²) < 4.78 is 1.69. The molecule has 0 amide bonds. The number of aromatic nitrogens is 2. The van der Waals surface area contributed by atoms with E-state index < -0.39 is 0 Å². The lowest BCUT2D eigenvalue weighted by atomic mass is 10.1. The largest absolute Gasteiger partial charge is 0.255 e. The lowest BCUT2D eigenvalue weighted by molar-refractivity contribution is 0.590. The minimum absolute atomic E-state index is 0.169. The van der Waals surface area contributed by atoms with Crippen LogP contribution in [0.2, 0.25) is 0 Å². The van der Waals surface area contributed by atoms with Crippen molar-refractivity contribution in [2.75, 3.05) is 0 Å². The highest BCUT2D eigenvalue weighted by molar-refractivity contribution is 5.10. The van der Waals surface area contributed by atoms with Gasteiger partial charge in [-0.2, -0.15) is 10.4 Å². The highest BCUT2D eigenvalue weighted by Crippen LogP contribution is 2.14. The van der Waals surface area contributed by atoms with Crippen LogP contribution in [0.25, 0.3) is 0 Å². The van der Waals surface area contributed by atoms with Gasteiger partial charge in [0.05, 0.1) is 12.3 Å². The summed E-state index contributed by atoms with van der Waals surface area (Å²) in [5.74, 6) is 0.477. The van der Waals surface area contributed by atoms with E-state index in [1.807, 2.05) is 19.3 Å². The van der Waals surface area contributed by atoms with Gasteiger partial charge in [-0.3, -0.25) is 4.68 Å². The molecule has 0 saturated heterocycles. The highest BCUT2D eigenvalue weighted by Gasteiger charge is 2.06. The van der Waals surface area contributed by atoms with Gasteiger partial charge >= 0.3 is 0 Å². The van der Waals surface area contributed by atoms with Crippen LogP contribution in [0, 0.1) is 11.3 Å². The van der Waals surface area contributed by atoms with Crippen molar-refractivity contribution in [2.45, 2.75) is 32.7 Å². The van der Waals surface area contributed by atoms with Crippen molar-refractivity contribution in [3.05, 3.63) is 18.0 Å². The first-order valence-corrected chi connectivity index (χ1v) is 4.08. The highest BCUT2D eigenvalue weighted by atomic mass is 15.3. The molecule has 0 aliphatic carbocycles. The summed E-state index contributed by atoms with van der Waals surface area (Å²) in [4.78, 5) is 0. The molecule has 0 aromatic carbocycles. The zero-order valence-electron chi connectivity index (χ0n) is 7.65. The zero-order chi connectivity index (χ0) is 9.14. The second-order valence-electron chi connectivity index (χ2n) is 3.21. The van der Waals surface area contributed by atoms with Crippen LogP contribution in [0.5, 0.6) is 0 Å². The monoisotopic (exact) mass is 163 g/mol. The Morgan fingerprint density at radius 3 is 2.58 bits per heavy atom. The molecular formula is C9H13N3. The van der Waals surface area contributed by atoms with Gasteiger partial charge in [0, 0.05) is 6.20 Å². The summed E-state index contributed by atoms with van der Waals surface area (Å²) in [7, 11) is 0. The van der Waals surface area contributed by atoms with Crippen LogP contribution in [-0.2, 0) is 0 Å². The average Bonchev–Trinajstić information content (AvgIpc) is 2.51. The molecule has 0 spiro atoms. The zero-order valence-corrected chi connectivity index (χ0v) is 7.65. The van der Waals surface area contributed by atoms with Gasteiger partial charge in [0.25, 0.3) is 0 Å². The van der Waals surface area contributed by atoms with E-state index in [1.165, 1.54) is 5.56 Å². The quantitative estimate of drug-likeness (QED) is 0.669. The van der Waals surface area contributed by atoms with E-state index in [9.17, 15) is 0 Å². The first kappa shape index (κ1) is 8.79. The molecule has 1 heterocycles. The predicted molar refractivity (Wildman–Crippen MR) is 46.6 cm³/mol. The molecule has 1 aromatic heterocycles. The molecule has 0 aliphatic rings. The molecule has 12 heavy (non-hydrogen) atoms. The minimum atomic E-state index is -0.169. The van der Waals surface area contributed by atoms with E-state index in [0.29, 0.717) is 5.92 Å². The van der Waals surface area contributed by atoms with Crippen LogP contribution in [-0.4, -0.2) is 9.78 Å². The predicted octanol–water partition coefficient (Wildman–Crippen LogP) is 2.09. The molecule has 3 heteroatoms. The SMILES string of the molecule is CC(C)c1cnn([C@@H](C)C#N)c1. The maximum Gasteiger partial charge on any atom is 0.135 e. The molecule has 1 atom stereocenters. The third-order valence-electron chi connectivity index (χ3n) is 1.87. The number of hydrogen-bond acceptors (Lipinski definition) is 2. The van der Waals surface area contributed by atoms with Crippen molar-refractivity contribution in [1.82, 2.24) is 9.78 Å². The van der Waals surface area contributed by atoms with E-state index in [-0.39, 0.29) is 6.04 Å². The fraction of sp³-hybridized carbons (Fsp3) is 0.556. The Morgan fingerprint density at radius 1 is 1.50 bits per heavy atom. The lowest BCUT2D eigenvalue weighted by Gasteiger charge is -2.01. The van der Waals surface area contributed by atoms with Crippen molar-refractivity contribution < 1.29 is 0 Å². The van der Waals surface area contributed by atoms with Gasteiger partial charge in [-0.1, -0.05) is 13.8 Å².